The number of aromatic nitrogens is 1. The molecule has 15 heavy (non-hydrogen) atoms. The first kappa shape index (κ1) is 10.0. The molecule has 2 aromatic rings. The molecule has 0 aliphatic rings. The normalized spacial score (nSPS) is 11.9. The average molecular weight is 199 g/mol. The number of benzene rings is 1. The second kappa shape index (κ2) is 3.27. The van der Waals surface area contributed by atoms with Crippen LogP contribution in [-0.4, -0.2) is 4.98 Å². The summed E-state index contributed by atoms with van der Waals surface area (Å²) in [6.07, 6.45) is 2.10. The Morgan fingerprint density at radius 2 is 1.93 bits per heavy atom. The highest BCUT2D eigenvalue weighted by Crippen LogP contribution is 2.34. The van der Waals surface area contributed by atoms with Crippen molar-refractivity contribution in [2.45, 2.75) is 26.2 Å². The Hall–Kier alpha value is -1.50. The second-order valence-corrected chi connectivity index (χ2v) is 4.65. The lowest BCUT2D eigenvalue weighted by Crippen LogP contribution is -2.17. The number of hydrogen-bond acceptors (Lipinski definition) is 0. The molecule has 1 aromatic carbocycles. The van der Waals surface area contributed by atoms with Gasteiger partial charge in [-0.05, 0) is 18.6 Å². The number of para-hydroxylation sites is 1. The number of aromatic amines is 1. The summed E-state index contributed by atoms with van der Waals surface area (Å²) in [6.45, 7) is 10.6. The fourth-order valence-electron chi connectivity index (χ4n) is 1.82. The van der Waals surface area contributed by atoms with Crippen molar-refractivity contribution in [2.24, 2.45) is 0 Å². The van der Waals surface area contributed by atoms with E-state index in [0.29, 0.717) is 0 Å². The van der Waals surface area contributed by atoms with E-state index in [0.717, 1.165) is 0 Å². The van der Waals surface area contributed by atoms with Crippen molar-refractivity contribution >= 4 is 10.9 Å². The van der Waals surface area contributed by atoms with Gasteiger partial charge in [0.05, 0.1) is 0 Å². The number of H-pyrrole nitrogens is 1. The molecule has 0 aliphatic carbocycles. The van der Waals surface area contributed by atoms with Gasteiger partial charge < -0.3 is 4.98 Å². The van der Waals surface area contributed by atoms with Gasteiger partial charge in [-0.1, -0.05) is 44.2 Å². The van der Waals surface area contributed by atoms with Crippen LogP contribution >= 0.6 is 0 Å². The fourth-order valence-corrected chi connectivity index (χ4v) is 1.82. The van der Waals surface area contributed by atoms with Gasteiger partial charge in [-0.3, -0.25) is 0 Å². The first-order chi connectivity index (χ1) is 7.03. The lowest BCUT2D eigenvalue weighted by atomic mass is 9.79. The molecule has 1 aromatic heterocycles. The number of fused-ring (bicyclic) bond motifs is 1. The molecule has 1 heterocycles. The van der Waals surface area contributed by atoms with E-state index >= 15 is 0 Å². The summed E-state index contributed by atoms with van der Waals surface area (Å²) in [5.41, 5.74) is 3.74. The van der Waals surface area contributed by atoms with Crippen molar-refractivity contribution < 1.29 is 0 Å². The van der Waals surface area contributed by atoms with Crippen LogP contribution in [0.15, 0.2) is 42.6 Å². The van der Waals surface area contributed by atoms with E-state index in [1.807, 2.05) is 0 Å². The Morgan fingerprint density at radius 1 is 1.27 bits per heavy atom. The van der Waals surface area contributed by atoms with E-state index in [2.05, 4.69) is 62.8 Å². The third-order valence-corrected chi connectivity index (χ3v) is 3.33. The lowest BCUT2D eigenvalue weighted by molar-refractivity contribution is 0.632. The van der Waals surface area contributed by atoms with Crippen LogP contribution in [0.1, 0.15) is 26.3 Å². The predicted octanol–water partition coefficient (Wildman–Crippen LogP) is 4.02. The number of hydrogen-bond donors (Lipinski definition) is 1. The van der Waals surface area contributed by atoms with Crippen LogP contribution < -0.4 is 0 Å². The first-order valence-corrected chi connectivity index (χ1v) is 5.26. The van der Waals surface area contributed by atoms with Crippen LogP contribution in [0, 0.1) is 0 Å². The van der Waals surface area contributed by atoms with Crippen LogP contribution in [-0.2, 0) is 5.41 Å². The number of nitrogens with one attached hydrogen (secondary N) is 1. The highest BCUT2D eigenvalue weighted by molar-refractivity contribution is 5.84. The molecule has 1 nitrogen and oxygen atoms in total. The third-order valence-electron chi connectivity index (χ3n) is 3.33. The Balaban J connectivity index is 2.67. The minimum absolute atomic E-state index is 0.0274. The predicted molar refractivity (Wildman–Crippen MR) is 66.1 cm³/mol. The smallest absolute Gasteiger partial charge is 0.0457 e. The van der Waals surface area contributed by atoms with Crippen molar-refractivity contribution in [3.8, 4) is 0 Å². The van der Waals surface area contributed by atoms with Gasteiger partial charge in [0, 0.05) is 22.5 Å². The summed E-state index contributed by atoms with van der Waals surface area (Å²) in [5, 5.41) is 1.30. The van der Waals surface area contributed by atoms with Crippen molar-refractivity contribution in [1.29, 1.82) is 0 Å². The van der Waals surface area contributed by atoms with E-state index in [4.69, 9.17) is 0 Å². The maximum absolute atomic E-state index is 4.08. The first-order valence-electron chi connectivity index (χ1n) is 5.26. The van der Waals surface area contributed by atoms with Gasteiger partial charge in [-0.2, -0.15) is 0 Å². The fraction of sp³-hybridized carbons (Fsp3) is 0.286. The quantitative estimate of drug-likeness (QED) is 0.703. The summed E-state index contributed by atoms with van der Waals surface area (Å²) in [5.74, 6) is 0. The van der Waals surface area contributed by atoms with E-state index < -0.39 is 0 Å². The third kappa shape index (κ3) is 1.48. The zero-order valence-corrected chi connectivity index (χ0v) is 9.59. The molecule has 0 unspecified atom stereocenters. The number of rotatable bonds is 2. The van der Waals surface area contributed by atoms with Crippen LogP contribution in [0.25, 0.3) is 10.9 Å². The second-order valence-electron chi connectivity index (χ2n) is 4.65. The van der Waals surface area contributed by atoms with Crippen molar-refractivity contribution in [2.75, 3.05) is 0 Å². The molecule has 1 heteroatoms. The molecule has 0 radical (unpaired) electrons. The number of allylic oxidation sites excluding steroid dienone is 1. The lowest BCUT2D eigenvalue weighted by Gasteiger charge is -2.24. The highest BCUT2D eigenvalue weighted by atomic mass is 14.7. The van der Waals surface area contributed by atoms with Gasteiger partial charge in [0.2, 0.25) is 0 Å². The summed E-state index contributed by atoms with van der Waals surface area (Å²) in [6, 6.07) is 8.39. The highest BCUT2D eigenvalue weighted by Gasteiger charge is 2.24. The largest absolute Gasteiger partial charge is 0.361 e. The minimum Gasteiger partial charge on any atom is -0.361 e. The van der Waals surface area contributed by atoms with Gasteiger partial charge in [0.1, 0.15) is 0 Å². The molecule has 2 rings (SSSR count). The van der Waals surface area contributed by atoms with E-state index in [9.17, 15) is 0 Å². The Bertz CT molecular complexity index is 503. The molecule has 0 atom stereocenters. The summed E-state index contributed by atoms with van der Waals surface area (Å²) >= 11 is 0. The maximum Gasteiger partial charge on any atom is 0.0457 e. The molecule has 0 aliphatic heterocycles. The Morgan fingerprint density at radius 3 is 2.60 bits per heavy atom. The SMILES string of the molecule is C=C(C)C(C)(C)c1c[nH]c2ccccc12. The molecule has 0 saturated heterocycles. The van der Waals surface area contributed by atoms with Crippen molar-refractivity contribution in [3.63, 3.8) is 0 Å². The maximum atomic E-state index is 4.08. The van der Waals surface area contributed by atoms with E-state index in [-0.39, 0.29) is 5.41 Å². The molecule has 0 fully saturated rings. The topological polar surface area (TPSA) is 15.8 Å². The van der Waals surface area contributed by atoms with E-state index in [1.54, 1.807) is 0 Å². The zero-order chi connectivity index (χ0) is 11.1. The van der Waals surface area contributed by atoms with Crippen LogP contribution in [0.5, 0.6) is 0 Å². The summed E-state index contributed by atoms with van der Waals surface area (Å²) in [4.78, 5) is 3.31. The molecule has 0 saturated carbocycles. The molecule has 0 amide bonds. The van der Waals surface area contributed by atoms with Gasteiger partial charge in [-0.25, -0.2) is 0 Å². The molecular formula is C14H17N. The molecule has 1 N–H and O–H groups in total. The average Bonchev–Trinajstić information content (AvgIpc) is 2.61. The monoisotopic (exact) mass is 199 g/mol. The van der Waals surface area contributed by atoms with Crippen LogP contribution in [0.2, 0.25) is 0 Å². The molecule has 0 spiro atoms. The van der Waals surface area contributed by atoms with Crippen LogP contribution in [0.3, 0.4) is 0 Å². The molecule has 78 valence electrons. The van der Waals surface area contributed by atoms with Gasteiger partial charge in [0.25, 0.3) is 0 Å². The van der Waals surface area contributed by atoms with Crippen LogP contribution in [0.4, 0.5) is 0 Å². The Kier molecular flexibility index (Phi) is 2.18. The minimum atomic E-state index is 0.0274. The zero-order valence-electron chi connectivity index (χ0n) is 9.59. The molecular weight excluding hydrogens is 182 g/mol. The van der Waals surface area contributed by atoms with Gasteiger partial charge in [0.15, 0.2) is 0 Å². The standard InChI is InChI=1S/C14H17N/c1-10(2)14(3,4)12-9-15-13-8-6-5-7-11(12)13/h5-9,15H,1H2,2-4H3. The van der Waals surface area contributed by atoms with E-state index in [1.165, 1.54) is 22.0 Å². The summed E-state index contributed by atoms with van der Waals surface area (Å²) in [7, 11) is 0. The van der Waals surface area contributed by atoms with Crippen molar-refractivity contribution in [1.82, 2.24) is 4.98 Å². The van der Waals surface area contributed by atoms with Gasteiger partial charge in [-0.15, -0.1) is 0 Å². The van der Waals surface area contributed by atoms with Crippen molar-refractivity contribution in [3.05, 3.63) is 48.2 Å². The van der Waals surface area contributed by atoms with Gasteiger partial charge >= 0.3 is 0 Å². The molecule has 0 bridgehead atoms. The summed E-state index contributed by atoms with van der Waals surface area (Å²) < 4.78 is 0. The Labute approximate surface area is 90.8 Å².